The summed E-state index contributed by atoms with van der Waals surface area (Å²) in [6, 6.07) is 7.50. The van der Waals surface area contributed by atoms with E-state index in [1.165, 1.54) is 0 Å². The quantitative estimate of drug-likeness (QED) is 0.372. The minimum Gasteiger partial charge on any atom is -0.376 e. The number of halogens is 1. The standard InChI is InChI=1S/C18H28N4O2.HI/c1-3-22(4-2)18(19)21-12-14-7-5-8-15(11-14)17(23)20-13-16-9-6-10-24-16;/h5,7-8,11,16H,3-4,6,9-10,12-13H2,1-2H3,(H2,19,21)(H,20,23);1H. The molecule has 3 N–H and O–H groups in total. The zero-order chi connectivity index (χ0) is 17.4. The molecule has 1 atom stereocenters. The zero-order valence-corrected chi connectivity index (χ0v) is 17.4. The van der Waals surface area contributed by atoms with E-state index in [0.29, 0.717) is 24.6 Å². The third kappa shape index (κ3) is 6.81. The number of carbonyl (C=O) groups excluding carboxylic acids is 1. The van der Waals surface area contributed by atoms with Gasteiger partial charge in [0.05, 0.1) is 12.6 Å². The number of guanidine groups is 1. The average Bonchev–Trinajstić information content (AvgIpc) is 3.12. The highest BCUT2D eigenvalue weighted by Crippen LogP contribution is 2.11. The Morgan fingerprint density at radius 2 is 2.16 bits per heavy atom. The Kier molecular flexibility index (Phi) is 9.81. The van der Waals surface area contributed by atoms with Crippen LogP contribution in [0.25, 0.3) is 0 Å². The van der Waals surface area contributed by atoms with E-state index in [9.17, 15) is 4.79 Å². The van der Waals surface area contributed by atoms with Gasteiger partial charge in [-0.25, -0.2) is 4.99 Å². The van der Waals surface area contributed by atoms with Gasteiger partial charge in [-0.1, -0.05) is 12.1 Å². The maximum absolute atomic E-state index is 12.3. The van der Waals surface area contributed by atoms with E-state index < -0.39 is 0 Å². The van der Waals surface area contributed by atoms with Gasteiger partial charge in [0, 0.05) is 31.8 Å². The van der Waals surface area contributed by atoms with Gasteiger partial charge in [0.25, 0.3) is 5.91 Å². The Labute approximate surface area is 167 Å². The predicted octanol–water partition coefficient (Wildman–Crippen LogP) is 2.37. The summed E-state index contributed by atoms with van der Waals surface area (Å²) in [5.41, 5.74) is 7.59. The van der Waals surface area contributed by atoms with Crippen LogP contribution in [-0.2, 0) is 11.3 Å². The van der Waals surface area contributed by atoms with Gasteiger partial charge >= 0.3 is 0 Å². The van der Waals surface area contributed by atoms with E-state index in [0.717, 1.165) is 38.1 Å². The summed E-state index contributed by atoms with van der Waals surface area (Å²) in [5.74, 6) is 0.460. The third-order valence-electron chi connectivity index (χ3n) is 4.21. The number of carbonyl (C=O) groups is 1. The molecule has 6 nitrogen and oxygen atoms in total. The normalized spacial score (nSPS) is 17.0. The summed E-state index contributed by atoms with van der Waals surface area (Å²) in [5, 5.41) is 2.94. The van der Waals surface area contributed by atoms with E-state index >= 15 is 0 Å². The van der Waals surface area contributed by atoms with Crippen molar-refractivity contribution >= 4 is 35.8 Å². The molecular formula is C18H29IN4O2. The Hall–Kier alpha value is -1.35. The molecular weight excluding hydrogens is 431 g/mol. The molecule has 2 rings (SSSR count). The first-order valence-electron chi connectivity index (χ1n) is 8.67. The topological polar surface area (TPSA) is 80.0 Å². The molecule has 140 valence electrons. The Morgan fingerprint density at radius 3 is 2.80 bits per heavy atom. The van der Waals surface area contributed by atoms with Crippen LogP contribution in [0.2, 0.25) is 0 Å². The van der Waals surface area contributed by atoms with E-state index in [-0.39, 0.29) is 36.0 Å². The van der Waals surface area contributed by atoms with Gasteiger partial charge in [-0.15, -0.1) is 24.0 Å². The molecule has 0 radical (unpaired) electrons. The number of rotatable bonds is 7. The van der Waals surface area contributed by atoms with Crippen molar-refractivity contribution in [1.29, 1.82) is 0 Å². The first-order valence-corrected chi connectivity index (χ1v) is 8.67. The summed E-state index contributed by atoms with van der Waals surface area (Å²) < 4.78 is 5.52. The molecule has 0 spiro atoms. The first kappa shape index (κ1) is 21.7. The molecule has 1 aliphatic rings. The maximum Gasteiger partial charge on any atom is 0.251 e. The lowest BCUT2D eigenvalue weighted by Gasteiger charge is -2.19. The average molecular weight is 460 g/mol. The van der Waals surface area contributed by atoms with Crippen LogP contribution in [-0.4, -0.2) is 49.1 Å². The third-order valence-corrected chi connectivity index (χ3v) is 4.21. The van der Waals surface area contributed by atoms with Crippen LogP contribution in [0.1, 0.15) is 42.6 Å². The highest BCUT2D eigenvalue weighted by Gasteiger charge is 2.16. The van der Waals surface area contributed by atoms with E-state index in [4.69, 9.17) is 10.5 Å². The van der Waals surface area contributed by atoms with Crippen molar-refractivity contribution in [3.8, 4) is 0 Å². The summed E-state index contributed by atoms with van der Waals surface area (Å²) in [7, 11) is 0. The van der Waals surface area contributed by atoms with Crippen molar-refractivity contribution in [2.24, 2.45) is 10.7 Å². The second kappa shape index (κ2) is 11.3. The first-order chi connectivity index (χ1) is 11.6. The number of ether oxygens (including phenoxy) is 1. The maximum atomic E-state index is 12.3. The van der Waals surface area contributed by atoms with E-state index in [2.05, 4.69) is 10.3 Å². The minimum absolute atomic E-state index is 0. The van der Waals surface area contributed by atoms with Crippen molar-refractivity contribution in [3.63, 3.8) is 0 Å². The molecule has 1 heterocycles. The Balaban J connectivity index is 0.00000312. The van der Waals surface area contributed by atoms with Gasteiger partial charge < -0.3 is 20.7 Å². The smallest absolute Gasteiger partial charge is 0.251 e. The number of hydrogen-bond acceptors (Lipinski definition) is 3. The SMILES string of the molecule is CCN(CC)C(N)=NCc1cccc(C(=O)NCC2CCCO2)c1.I. The molecule has 1 aromatic carbocycles. The van der Waals surface area contributed by atoms with Crippen molar-refractivity contribution in [2.45, 2.75) is 39.3 Å². The highest BCUT2D eigenvalue weighted by molar-refractivity contribution is 14.0. The van der Waals surface area contributed by atoms with Crippen molar-refractivity contribution in [2.75, 3.05) is 26.2 Å². The van der Waals surface area contributed by atoms with Crippen LogP contribution in [0.3, 0.4) is 0 Å². The van der Waals surface area contributed by atoms with Crippen LogP contribution in [0, 0.1) is 0 Å². The van der Waals surface area contributed by atoms with Crippen molar-refractivity contribution < 1.29 is 9.53 Å². The zero-order valence-electron chi connectivity index (χ0n) is 15.0. The van der Waals surface area contributed by atoms with Gasteiger partial charge in [-0.05, 0) is 44.4 Å². The second-order valence-electron chi connectivity index (χ2n) is 5.89. The minimum atomic E-state index is -0.0759. The number of nitrogens with two attached hydrogens (primary N) is 1. The molecule has 1 aliphatic heterocycles. The van der Waals surface area contributed by atoms with Crippen LogP contribution >= 0.6 is 24.0 Å². The van der Waals surface area contributed by atoms with Crippen LogP contribution < -0.4 is 11.1 Å². The number of amides is 1. The number of hydrogen-bond donors (Lipinski definition) is 2. The number of benzene rings is 1. The summed E-state index contributed by atoms with van der Waals surface area (Å²) in [4.78, 5) is 18.7. The van der Waals surface area contributed by atoms with Gasteiger partial charge in [0.1, 0.15) is 0 Å². The lowest BCUT2D eigenvalue weighted by Crippen LogP contribution is -2.37. The van der Waals surface area contributed by atoms with E-state index in [1.54, 1.807) is 0 Å². The molecule has 1 fully saturated rings. The number of nitrogens with one attached hydrogen (secondary N) is 1. The number of nitrogens with zero attached hydrogens (tertiary/aromatic N) is 2. The summed E-state index contributed by atoms with van der Waals surface area (Å²) >= 11 is 0. The number of aliphatic imine (C=N–C) groups is 1. The monoisotopic (exact) mass is 460 g/mol. The van der Waals surface area contributed by atoms with Crippen LogP contribution in [0.5, 0.6) is 0 Å². The molecule has 7 heteroatoms. The molecule has 0 saturated carbocycles. The molecule has 25 heavy (non-hydrogen) atoms. The largest absolute Gasteiger partial charge is 0.376 e. The summed E-state index contributed by atoms with van der Waals surface area (Å²) in [6.45, 7) is 7.58. The Bertz CT molecular complexity index is 570. The molecule has 0 bridgehead atoms. The van der Waals surface area contributed by atoms with Gasteiger partial charge in [-0.2, -0.15) is 0 Å². The van der Waals surface area contributed by atoms with Gasteiger partial charge in [0.2, 0.25) is 0 Å². The van der Waals surface area contributed by atoms with Crippen molar-refractivity contribution in [1.82, 2.24) is 10.2 Å². The highest BCUT2D eigenvalue weighted by atomic mass is 127. The second-order valence-corrected chi connectivity index (χ2v) is 5.89. The Morgan fingerprint density at radius 1 is 1.40 bits per heavy atom. The molecule has 1 unspecified atom stereocenters. The molecule has 0 aromatic heterocycles. The van der Waals surface area contributed by atoms with Crippen molar-refractivity contribution in [3.05, 3.63) is 35.4 Å². The fraction of sp³-hybridized carbons (Fsp3) is 0.556. The molecule has 1 amide bonds. The van der Waals surface area contributed by atoms with Gasteiger partial charge in [-0.3, -0.25) is 4.79 Å². The van der Waals surface area contributed by atoms with Crippen LogP contribution in [0.15, 0.2) is 29.3 Å². The fourth-order valence-corrected chi connectivity index (χ4v) is 2.74. The molecule has 1 saturated heterocycles. The fourth-order valence-electron chi connectivity index (χ4n) is 2.74. The lowest BCUT2D eigenvalue weighted by atomic mass is 10.1. The molecule has 1 aromatic rings. The summed E-state index contributed by atoms with van der Waals surface area (Å²) in [6.07, 6.45) is 2.23. The lowest BCUT2D eigenvalue weighted by molar-refractivity contribution is 0.0857. The van der Waals surface area contributed by atoms with E-state index in [1.807, 2.05) is 43.0 Å². The molecule has 0 aliphatic carbocycles. The van der Waals surface area contributed by atoms with Gasteiger partial charge in [0.15, 0.2) is 5.96 Å². The predicted molar refractivity (Wildman–Crippen MR) is 111 cm³/mol. The van der Waals surface area contributed by atoms with Crippen LogP contribution in [0.4, 0.5) is 0 Å².